The summed E-state index contributed by atoms with van der Waals surface area (Å²) in [4.78, 5) is 24.9. The van der Waals surface area contributed by atoms with Gasteiger partial charge in [0.15, 0.2) is 0 Å². The highest BCUT2D eigenvalue weighted by atomic mass is 79.9. The fourth-order valence-corrected chi connectivity index (χ4v) is 4.71. The van der Waals surface area contributed by atoms with Crippen molar-refractivity contribution in [1.82, 2.24) is 0 Å². The lowest BCUT2D eigenvalue weighted by Crippen LogP contribution is -2.16. The quantitative estimate of drug-likeness (QED) is 0.272. The maximum Gasteiger partial charge on any atom is 0.261 e. The molecule has 7 nitrogen and oxygen atoms in total. The van der Waals surface area contributed by atoms with Crippen LogP contribution in [0.25, 0.3) is 0 Å². The third-order valence-corrected chi connectivity index (χ3v) is 7.03. The van der Waals surface area contributed by atoms with Crippen molar-refractivity contribution >= 4 is 54.8 Å². The van der Waals surface area contributed by atoms with Crippen LogP contribution in [0.3, 0.4) is 0 Å². The average molecular weight is 550 g/mol. The number of para-hydroxylation sites is 1. The molecule has 4 rings (SSSR count). The van der Waals surface area contributed by atoms with Crippen LogP contribution in [-0.2, 0) is 10.0 Å². The minimum atomic E-state index is -3.98. The van der Waals surface area contributed by atoms with Gasteiger partial charge in [-0.3, -0.25) is 14.3 Å². The van der Waals surface area contributed by atoms with E-state index >= 15 is 0 Å². The number of hydrogen-bond donors (Lipinski definition) is 3. The highest BCUT2D eigenvalue weighted by molar-refractivity contribution is 9.10. The number of anilines is 3. The van der Waals surface area contributed by atoms with Gasteiger partial charge in [-0.25, -0.2) is 8.42 Å². The van der Waals surface area contributed by atoms with Crippen LogP contribution in [0.2, 0.25) is 0 Å². The molecule has 176 valence electrons. The van der Waals surface area contributed by atoms with Crippen LogP contribution >= 0.6 is 15.9 Å². The van der Waals surface area contributed by atoms with Crippen LogP contribution in [-0.4, -0.2) is 20.2 Å². The lowest BCUT2D eigenvalue weighted by molar-refractivity contribution is 0.101. The molecule has 0 heterocycles. The summed E-state index contributed by atoms with van der Waals surface area (Å²) >= 11 is 3.31. The first-order valence-corrected chi connectivity index (χ1v) is 12.7. The van der Waals surface area contributed by atoms with Crippen molar-refractivity contribution in [1.29, 1.82) is 0 Å². The number of carbonyl (C=O) groups excluding carboxylic acids is 2. The van der Waals surface area contributed by atoms with Gasteiger partial charge in [0.25, 0.3) is 21.8 Å². The molecule has 0 radical (unpaired) electrons. The van der Waals surface area contributed by atoms with Crippen LogP contribution in [0.4, 0.5) is 17.1 Å². The van der Waals surface area contributed by atoms with Crippen molar-refractivity contribution in [3.05, 3.63) is 119 Å². The molecule has 0 unspecified atom stereocenters. The first-order chi connectivity index (χ1) is 16.8. The molecule has 0 bridgehead atoms. The number of carbonyl (C=O) groups is 2. The minimum absolute atomic E-state index is 0.0691. The van der Waals surface area contributed by atoms with Crippen LogP contribution in [0.5, 0.6) is 0 Å². The van der Waals surface area contributed by atoms with Gasteiger partial charge < -0.3 is 10.6 Å². The molecule has 0 spiro atoms. The first-order valence-electron chi connectivity index (χ1n) is 10.5. The van der Waals surface area contributed by atoms with E-state index in [1.54, 1.807) is 72.8 Å². The third kappa shape index (κ3) is 6.14. The van der Waals surface area contributed by atoms with Crippen molar-refractivity contribution in [3.8, 4) is 0 Å². The molecule has 9 heteroatoms. The summed E-state index contributed by atoms with van der Waals surface area (Å²) in [6.45, 7) is 0. The largest absolute Gasteiger partial charge is 0.322 e. The zero-order chi connectivity index (χ0) is 24.8. The zero-order valence-corrected chi connectivity index (χ0v) is 20.6. The predicted octanol–water partition coefficient (Wildman–Crippen LogP) is 5.75. The minimum Gasteiger partial charge on any atom is -0.322 e. The highest BCUT2D eigenvalue weighted by Crippen LogP contribution is 2.25. The summed E-state index contributed by atoms with van der Waals surface area (Å²) in [5.74, 6) is -0.714. The topological polar surface area (TPSA) is 104 Å². The van der Waals surface area contributed by atoms with Crippen molar-refractivity contribution in [2.45, 2.75) is 4.90 Å². The second kappa shape index (κ2) is 10.5. The molecule has 4 aromatic rings. The Hall–Kier alpha value is -3.95. The van der Waals surface area contributed by atoms with E-state index in [9.17, 15) is 18.0 Å². The molecule has 2 amide bonds. The lowest BCUT2D eigenvalue weighted by Gasteiger charge is -2.12. The first kappa shape index (κ1) is 24.2. The number of nitrogens with one attached hydrogen (secondary N) is 3. The fourth-order valence-electron chi connectivity index (χ4n) is 3.19. The molecule has 0 saturated carbocycles. The highest BCUT2D eigenvalue weighted by Gasteiger charge is 2.19. The standard InChI is InChI=1S/C26H20BrN3O4S/c27-24-16-15-22(17-23(24)26(32)29-19-9-5-2-6-10-19)35(33,34)30-21-13-11-20(12-14-21)28-25(31)18-7-3-1-4-8-18/h1-17,30H,(H,28,31)(H,29,32). The summed E-state index contributed by atoms with van der Waals surface area (Å²) in [6.07, 6.45) is 0. The Labute approximate surface area is 211 Å². The summed E-state index contributed by atoms with van der Waals surface area (Å²) in [7, 11) is -3.98. The lowest BCUT2D eigenvalue weighted by atomic mass is 10.2. The maximum absolute atomic E-state index is 13.0. The molecular weight excluding hydrogens is 530 g/mol. The normalized spacial score (nSPS) is 10.9. The third-order valence-electron chi connectivity index (χ3n) is 4.96. The SMILES string of the molecule is O=C(Nc1ccc(NS(=O)(=O)c2ccc(Br)c(C(=O)Nc3ccccc3)c2)cc1)c1ccccc1. The molecule has 3 N–H and O–H groups in total. The smallest absolute Gasteiger partial charge is 0.261 e. The average Bonchev–Trinajstić information content (AvgIpc) is 2.86. The predicted molar refractivity (Wildman–Crippen MR) is 140 cm³/mol. The molecule has 0 aromatic heterocycles. The van der Waals surface area contributed by atoms with Gasteiger partial charge in [0.05, 0.1) is 10.5 Å². The monoisotopic (exact) mass is 549 g/mol. The molecule has 4 aromatic carbocycles. The molecule has 0 saturated heterocycles. The van der Waals surface area contributed by atoms with Crippen LogP contribution in [0, 0.1) is 0 Å². The van der Waals surface area contributed by atoms with Gasteiger partial charge in [0, 0.05) is 27.1 Å². The molecule has 0 aliphatic carbocycles. The number of sulfonamides is 1. The van der Waals surface area contributed by atoms with Crippen molar-refractivity contribution in [2.75, 3.05) is 15.4 Å². The Morgan fingerprint density at radius 3 is 1.83 bits per heavy atom. The van der Waals surface area contributed by atoms with Crippen molar-refractivity contribution in [2.24, 2.45) is 0 Å². The van der Waals surface area contributed by atoms with E-state index in [1.165, 1.54) is 18.2 Å². The van der Waals surface area contributed by atoms with Gasteiger partial charge in [0.1, 0.15) is 0 Å². The Balaban J connectivity index is 1.47. The van der Waals surface area contributed by atoms with Gasteiger partial charge >= 0.3 is 0 Å². The number of rotatable bonds is 7. The Kier molecular flexibility index (Phi) is 7.28. The van der Waals surface area contributed by atoms with E-state index in [1.807, 2.05) is 12.1 Å². The fraction of sp³-hybridized carbons (Fsp3) is 0. The summed E-state index contributed by atoms with van der Waals surface area (Å²) < 4.78 is 28.9. The maximum atomic E-state index is 13.0. The number of amides is 2. The molecule has 35 heavy (non-hydrogen) atoms. The van der Waals surface area contributed by atoms with Crippen molar-refractivity contribution < 1.29 is 18.0 Å². The van der Waals surface area contributed by atoms with Crippen LogP contribution in [0.1, 0.15) is 20.7 Å². The van der Waals surface area contributed by atoms with E-state index < -0.39 is 15.9 Å². The van der Waals surface area contributed by atoms with Gasteiger partial charge in [0.2, 0.25) is 0 Å². The molecule has 0 aliphatic heterocycles. The molecule has 0 atom stereocenters. The Morgan fingerprint density at radius 1 is 0.629 bits per heavy atom. The van der Waals surface area contributed by atoms with E-state index in [-0.39, 0.29) is 16.4 Å². The number of halogens is 1. The van der Waals surface area contributed by atoms with Gasteiger partial charge in [-0.05, 0) is 82.7 Å². The Morgan fingerprint density at radius 2 is 1.17 bits per heavy atom. The van der Waals surface area contributed by atoms with E-state index in [0.29, 0.717) is 27.1 Å². The second-order valence-corrected chi connectivity index (χ2v) is 10.0. The molecular formula is C26H20BrN3O4S. The Bertz CT molecular complexity index is 1460. The van der Waals surface area contributed by atoms with Crippen molar-refractivity contribution in [3.63, 3.8) is 0 Å². The molecule has 0 aliphatic rings. The summed E-state index contributed by atoms with van der Waals surface area (Å²) in [6, 6.07) is 28.1. The van der Waals surface area contributed by atoms with E-state index in [0.717, 1.165) is 0 Å². The molecule has 0 fully saturated rings. The van der Waals surface area contributed by atoms with Crippen LogP contribution in [0.15, 0.2) is 112 Å². The van der Waals surface area contributed by atoms with E-state index in [4.69, 9.17) is 0 Å². The number of benzene rings is 4. The van der Waals surface area contributed by atoms with Gasteiger partial charge in [-0.15, -0.1) is 0 Å². The number of hydrogen-bond acceptors (Lipinski definition) is 4. The second-order valence-electron chi connectivity index (χ2n) is 7.46. The van der Waals surface area contributed by atoms with Crippen LogP contribution < -0.4 is 15.4 Å². The van der Waals surface area contributed by atoms with Gasteiger partial charge in [-0.1, -0.05) is 36.4 Å². The zero-order valence-electron chi connectivity index (χ0n) is 18.2. The van der Waals surface area contributed by atoms with Gasteiger partial charge in [-0.2, -0.15) is 0 Å². The summed E-state index contributed by atoms with van der Waals surface area (Å²) in [5.41, 5.74) is 2.11. The summed E-state index contributed by atoms with van der Waals surface area (Å²) in [5, 5.41) is 5.50. The van der Waals surface area contributed by atoms with E-state index in [2.05, 4.69) is 31.3 Å².